The number of hydrogen-bond acceptors (Lipinski definition) is 10. The molecule has 0 rings (SSSR count). The summed E-state index contributed by atoms with van der Waals surface area (Å²) in [4.78, 5) is 45.7. The maximum absolute atomic E-state index is 12.6. The minimum Gasteiger partial charge on any atom is -0.548 e. The van der Waals surface area contributed by atoms with E-state index in [1.54, 1.807) is 0 Å². The van der Waals surface area contributed by atoms with Crippen LogP contribution in [0.1, 0.15) is 181 Å². The fourth-order valence-corrected chi connectivity index (χ4v) is 6.22. The molecule has 0 bridgehead atoms. The van der Waals surface area contributed by atoms with Gasteiger partial charge in [-0.05, 0) is 44.9 Å². The smallest absolute Gasteiger partial charge is 0.548 e. The van der Waals surface area contributed by atoms with Gasteiger partial charge in [-0.25, -0.2) is 4.57 Å². The van der Waals surface area contributed by atoms with Crippen molar-refractivity contribution in [2.24, 2.45) is 5.73 Å². The number of nitrogens with two attached hydrogens (primary N) is 1. The third-order valence-corrected chi connectivity index (χ3v) is 9.64. The molecule has 304 valence electrons. The molecule has 3 atom stereocenters. The van der Waals surface area contributed by atoms with Crippen molar-refractivity contribution in [1.29, 1.82) is 0 Å². The van der Waals surface area contributed by atoms with E-state index >= 15 is 0 Å². The van der Waals surface area contributed by atoms with Gasteiger partial charge in [0, 0.05) is 12.8 Å². The van der Waals surface area contributed by atoms with Gasteiger partial charge in [-0.15, -0.1) is 0 Å². The summed E-state index contributed by atoms with van der Waals surface area (Å²) in [5.41, 5.74) is 5.26. The number of carboxylic acid groups (broad SMARTS) is 1. The summed E-state index contributed by atoms with van der Waals surface area (Å²) in [6.45, 7) is 2.66. The van der Waals surface area contributed by atoms with Crippen LogP contribution in [-0.4, -0.2) is 54.8 Å². The van der Waals surface area contributed by atoms with Gasteiger partial charge in [-0.3, -0.25) is 18.6 Å². The third kappa shape index (κ3) is 39.0. The Kier molecular flexibility index (Phi) is 40.0. The molecule has 11 nitrogen and oxygen atoms in total. The average Bonchev–Trinajstić information content (AvgIpc) is 3.12. The number of ether oxygens (including phenoxy) is 2. The maximum Gasteiger partial charge on any atom is 1.00 e. The first-order chi connectivity index (χ1) is 25.1. The number of hydrogen-bond donors (Lipinski definition) is 2. The average molecular weight is 782 g/mol. The van der Waals surface area contributed by atoms with Crippen molar-refractivity contribution in [3.63, 3.8) is 0 Å². The zero-order chi connectivity index (χ0) is 38.5. The molecule has 0 aliphatic heterocycles. The summed E-state index contributed by atoms with van der Waals surface area (Å²) in [6, 6.07) is -1.63. The molecule has 0 saturated carbocycles. The first kappa shape index (κ1) is 54.1. The molecule has 0 amide bonds. The van der Waals surface area contributed by atoms with Gasteiger partial charge in [0.1, 0.15) is 6.61 Å². The van der Waals surface area contributed by atoms with Gasteiger partial charge in [0.25, 0.3) is 0 Å². The van der Waals surface area contributed by atoms with Gasteiger partial charge in [-0.1, -0.05) is 147 Å². The number of esters is 2. The minimum atomic E-state index is -4.74. The second-order valence-corrected chi connectivity index (χ2v) is 15.2. The summed E-state index contributed by atoms with van der Waals surface area (Å²) < 4.78 is 32.5. The summed E-state index contributed by atoms with van der Waals surface area (Å²) in [6.07, 6.45) is 35.1. The summed E-state index contributed by atoms with van der Waals surface area (Å²) in [7, 11) is -4.74. The SMILES string of the molecule is CCCCC/C=C/C/C=C/CCCCCCCC(=O)O[C@H](COC(=O)CCCCCCCCCCCCCCC)COP(=O)(O)OC[C@H](N)C(=O)[O-].[Na+]. The van der Waals surface area contributed by atoms with Gasteiger partial charge < -0.3 is 30.0 Å². The Hall–Kier alpha value is -1.04. The fraction of sp³-hybridized carbons (Fsp3) is 0.825. The number of carbonyl (C=O) groups excluding carboxylic acids is 3. The van der Waals surface area contributed by atoms with Gasteiger partial charge in [-0.2, -0.15) is 0 Å². The largest absolute Gasteiger partial charge is 1.00 e. The molecular weight excluding hydrogens is 708 g/mol. The van der Waals surface area contributed by atoms with Crippen molar-refractivity contribution in [3.05, 3.63) is 24.3 Å². The van der Waals surface area contributed by atoms with E-state index in [1.807, 2.05) is 0 Å². The molecule has 13 heteroatoms. The molecule has 0 heterocycles. The molecule has 53 heavy (non-hydrogen) atoms. The molecule has 0 radical (unpaired) electrons. The fourth-order valence-electron chi connectivity index (χ4n) is 5.44. The zero-order valence-electron chi connectivity index (χ0n) is 33.6. The quantitative estimate of drug-likeness (QED) is 0.0249. The van der Waals surface area contributed by atoms with Crippen molar-refractivity contribution in [2.75, 3.05) is 19.8 Å². The van der Waals surface area contributed by atoms with Crippen LogP contribution < -0.4 is 40.4 Å². The van der Waals surface area contributed by atoms with Gasteiger partial charge >= 0.3 is 49.3 Å². The predicted molar refractivity (Wildman–Crippen MR) is 205 cm³/mol. The van der Waals surface area contributed by atoms with Crippen LogP contribution in [0.5, 0.6) is 0 Å². The monoisotopic (exact) mass is 781 g/mol. The molecule has 0 spiro atoms. The predicted octanol–water partition coefficient (Wildman–Crippen LogP) is 5.95. The number of phosphoric ester groups is 1. The van der Waals surface area contributed by atoms with Crippen molar-refractivity contribution in [2.45, 2.75) is 193 Å². The number of phosphoric acid groups is 1. The van der Waals surface area contributed by atoms with E-state index in [9.17, 15) is 28.9 Å². The maximum atomic E-state index is 12.6. The first-order valence-electron chi connectivity index (χ1n) is 20.3. The van der Waals surface area contributed by atoms with E-state index in [2.05, 4.69) is 42.7 Å². The van der Waals surface area contributed by atoms with Crippen LogP contribution >= 0.6 is 7.82 Å². The van der Waals surface area contributed by atoms with Crippen LogP contribution in [-0.2, 0) is 37.5 Å². The normalized spacial score (nSPS) is 13.8. The molecule has 0 fully saturated rings. The van der Waals surface area contributed by atoms with Gasteiger partial charge in [0.2, 0.25) is 0 Å². The number of aliphatic carboxylic acids is 1. The van der Waals surface area contributed by atoms with Crippen LogP contribution in [0.15, 0.2) is 24.3 Å². The standard InChI is InChI=1S/C40H74NO10P.Na/c1-3-5-7-9-11-13-15-17-18-20-22-24-26-28-30-32-39(43)51-36(34-49-52(46,47)50-35-37(41)40(44)45)33-48-38(42)31-29-27-25-23-21-19-16-14-12-10-8-6-4-2;/h11,13,17-18,36-37H,3-10,12,14-16,19-35,41H2,1-2H3,(H,44,45)(H,46,47);/q;+1/p-1/b13-11+,18-17+;/t36-,37+;/m1./s1. The van der Waals surface area contributed by atoms with E-state index in [1.165, 1.54) is 77.0 Å². The van der Waals surface area contributed by atoms with E-state index < -0.39 is 51.1 Å². The van der Waals surface area contributed by atoms with E-state index in [-0.39, 0.29) is 49.0 Å². The Morgan fingerprint density at radius 1 is 0.623 bits per heavy atom. The van der Waals surface area contributed by atoms with E-state index in [4.69, 9.17) is 19.7 Å². The molecule has 0 aromatic carbocycles. The Morgan fingerprint density at radius 2 is 1.04 bits per heavy atom. The number of allylic oxidation sites excluding steroid dienone is 4. The second kappa shape index (κ2) is 39.2. The summed E-state index contributed by atoms with van der Waals surface area (Å²) >= 11 is 0. The Morgan fingerprint density at radius 3 is 1.55 bits per heavy atom. The van der Waals surface area contributed by atoms with E-state index in [0.717, 1.165) is 64.2 Å². The Labute approximate surface area is 343 Å². The number of unbranched alkanes of at least 4 members (excludes halogenated alkanes) is 20. The summed E-state index contributed by atoms with van der Waals surface area (Å²) in [5.74, 6) is -2.66. The van der Waals surface area contributed by atoms with Crippen molar-refractivity contribution in [1.82, 2.24) is 0 Å². The van der Waals surface area contributed by atoms with Crippen LogP contribution in [0.25, 0.3) is 0 Å². The number of carboxylic acids is 1. The van der Waals surface area contributed by atoms with Crippen LogP contribution in [0.4, 0.5) is 0 Å². The third-order valence-electron chi connectivity index (χ3n) is 8.69. The van der Waals surface area contributed by atoms with Gasteiger partial charge in [0.05, 0.1) is 25.2 Å². The Bertz CT molecular complexity index is 997. The molecule has 0 aliphatic carbocycles. The minimum absolute atomic E-state index is 0. The Balaban J connectivity index is 0. The molecule has 3 N–H and O–H groups in total. The molecular formula is C40H73NNaO10P. The molecule has 0 saturated heterocycles. The van der Waals surface area contributed by atoms with Gasteiger partial charge in [0.15, 0.2) is 6.10 Å². The van der Waals surface area contributed by atoms with Crippen molar-refractivity contribution < 1.29 is 77.0 Å². The zero-order valence-corrected chi connectivity index (χ0v) is 36.5. The molecule has 0 aliphatic rings. The molecule has 1 unspecified atom stereocenters. The molecule has 0 aromatic rings. The first-order valence-corrected chi connectivity index (χ1v) is 21.8. The topological polar surface area (TPSA) is 175 Å². The number of rotatable bonds is 38. The van der Waals surface area contributed by atoms with Crippen molar-refractivity contribution >= 4 is 25.7 Å². The van der Waals surface area contributed by atoms with Crippen LogP contribution in [0.3, 0.4) is 0 Å². The number of carbonyl (C=O) groups is 3. The molecule has 0 aromatic heterocycles. The van der Waals surface area contributed by atoms with Crippen LogP contribution in [0.2, 0.25) is 0 Å². The van der Waals surface area contributed by atoms with Crippen molar-refractivity contribution in [3.8, 4) is 0 Å². The summed E-state index contributed by atoms with van der Waals surface area (Å²) in [5, 5.41) is 10.8. The second-order valence-electron chi connectivity index (χ2n) is 13.8. The van der Waals surface area contributed by atoms with E-state index in [0.29, 0.717) is 12.8 Å². The van der Waals surface area contributed by atoms with Crippen LogP contribution in [0, 0.1) is 0 Å².